The summed E-state index contributed by atoms with van der Waals surface area (Å²) in [6.45, 7) is 2.70. The number of nitrogens with zero attached hydrogens (tertiary/aromatic N) is 1. The maximum atomic E-state index is 12.5. The molecule has 0 spiro atoms. The summed E-state index contributed by atoms with van der Waals surface area (Å²) >= 11 is 0. The first-order valence-corrected chi connectivity index (χ1v) is 11.0. The third-order valence-corrected chi connectivity index (χ3v) is 6.49. The molecule has 1 heterocycles. The quantitative estimate of drug-likeness (QED) is 0.546. The Kier molecular flexibility index (Phi) is 6.65. The van der Waals surface area contributed by atoms with Gasteiger partial charge < -0.3 is 4.74 Å². The number of hydrogen-bond donors (Lipinski definition) is 0. The number of aryl methyl sites for hydroxylation is 1. The van der Waals surface area contributed by atoms with Crippen LogP contribution in [0.1, 0.15) is 30.9 Å². The molecule has 1 saturated heterocycles. The molecule has 2 aromatic carbocycles. The summed E-state index contributed by atoms with van der Waals surface area (Å²) in [5.74, 6) is -0.0421. The lowest BCUT2D eigenvalue weighted by molar-refractivity contribution is -0.140. The second kappa shape index (κ2) is 9.17. The first-order chi connectivity index (χ1) is 13.5. The summed E-state index contributed by atoms with van der Waals surface area (Å²) in [4.78, 5) is 12.4. The molecule has 1 aliphatic rings. The van der Waals surface area contributed by atoms with Crippen molar-refractivity contribution < 1.29 is 17.9 Å². The smallest absolute Gasteiger partial charge is 0.314 e. The molecule has 5 nitrogen and oxygen atoms in total. The molecule has 0 atom stereocenters. The molecular formula is C22H25NO4S. The fourth-order valence-corrected chi connectivity index (χ4v) is 4.37. The minimum absolute atomic E-state index is 0.282. The van der Waals surface area contributed by atoms with Gasteiger partial charge in [-0.3, -0.25) is 4.79 Å². The van der Waals surface area contributed by atoms with Gasteiger partial charge in [-0.25, -0.2) is 8.42 Å². The van der Waals surface area contributed by atoms with Crippen LogP contribution in [-0.4, -0.2) is 31.8 Å². The standard InChI is InChI=1S/C22H25NO4S/c1-2-18-8-10-21(11-9-18)27-22(24)20-12-15-23(16-13-20)28(25,26)17-14-19-6-4-3-5-7-19/h3-11,14,17,20H,2,12-13,15-16H2,1H3/b17-14+. The van der Waals surface area contributed by atoms with Crippen molar-refractivity contribution in [3.05, 3.63) is 71.1 Å². The normalized spacial score (nSPS) is 16.3. The van der Waals surface area contributed by atoms with Gasteiger partial charge in [0.2, 0.25) is 10.0 Å². The third kappa shape index (κ3) is 5.30. The number of piperidine rings is 1. The Morgan fingerprint density at radius 2 is 1.71 bits per heavy atom. The zero-order valence-corrected chi connectivity index (χ0v) is 16.8. The van der Waals surface area contributed by atoms with Gasteiger partial charge in [-0.1, -0.05) is 49.4 Å². The Hall–Kier alpha value is -2.44. The first-order valence-electron chi connectivity index (χ1n) is 9.52. The van der Waals surface area contributed by atoms with E-state index in [-0.39, 0.29) is 11.9 Å². The zero-order valence-electron chi connectivity index (χ0n) is 16.0. The third-order valence-electron chi connectivity index (χ3n) is 4.93. The predicted molar refractivity (Wildman–Crippen MR) is 110 cm³/mol. The second-order valence-electron chi connectivity index (χ2n) is 6.85. The molecule has 28 heavy (non-hydrogen) atoms. The molecule has 0 radical (unpaired) electrons. The predicted octanol–water partition coefficient (Wildman–Crippen LogP) is 3.87. The van der Waals surface area contributed by atoms with Gasteiger partial charge in [0, 0.05) is 18.5 Å². The fraction of sp³-hybridized carbons (Fsp3) is 0.318. The molecule has 6 heteroatoms. The summed E-state index contributed by atoms with van der Waals surface area (Å²) < 4.78 is 31.9. The molecule has 0 saturated carbocycles. The van der Waals surface area contributed by atoms with Crippen molar-refractivity contribution >= 4 is 22.1 Å². The number of esters is 1. The minimum atomic E-state index is -3.50. The van der Waals surface area contributed by atoms with Gasteiger partial charge in [-0.05, 0) is 48.6 Å². The molecular weight excluding hydrogens is 374 g/mol. The highest BCUT2D eigenvalue weighted by molar-refractivity contribution is 7.92. The van der Waals surface area contributed by atoms with E-state index in [0.717, 1.165) is 12.0 Å². The lowest BCUT2D eigenvalue weighted by Crippen LogP contribution is -2.40. The van der Waals surface area contributed by atoms with Crippen LogP contribution < -0.4 is 4.74 Å². The Balaban J connectivity index is 1.54. The maximum absolute atomic E-state index is 12.5. The van der Waals surface area contributed by atoms with E-state index in [1.165, 1.54) is 15.3 Å². The Bertz CT molecular complexity index is 913. The summed E-state index contributed by atoms with van der Waals surface area (Å²) in [6, 6.07) is 16.8. The molecule has 0 aliphatic carbocycles. The highest BCUT2D eigenvalue weighted by Gasteiger charge is 2.31. The Morgan fingerprint density at radius 3 is 2.32 bits per heavy atom. The van der Waals surface area contributed by atoms with Crippen molar-refractivity contribution in [3.8, 4) is 5.75 Å². The number of hydrogen-bond acceptors (Lipinski definition) is 4. The molecule has 1 fully saturated rings. The molecule has 0 aromatic heterocycles. The van der Waals surface area contributed by atoms with Crippen LogP contribution in [0.25, 0.3) is 6.08 Å². The average Bonchev–Trinajstić information content (AvgIpc) is 2.74. The lowest BCUT2D eigenvalue weighted by Gasteiger charge is -2.29. The van der Waals surface area contributed by atoms with Crippen molar-refractivity contribution in [1.82, 2.24) is 4.31 Å². The summed E-state index contributed by atoms with van der Waals surface area (Å²) in [5.41, 5.74) is 2.01. The van der Waals surface area contributed by atoms with E-state index < -0.39 is 10.0 Å². The van der Waals surface area contributed by atoms with Gasteiger partial charge >= 0.3 is 5.97 Å². The average molecular weight is 400 g/mol. The van der Waals surface area contributed by atoms with Crippen molar-refractivity contribution in [1.29, 1.82) is 0 Å². The first kappa shape index (κ1) is 20.3. The fourth-order valence-electron chi connectivity index (χ4n) is 3.15. The molecule has 3 rings (SSSR count). The number of sulfonamides is 1. The van der Waals surface area contributed by atoms with E-state index in [1.807, 2.05) is 42.5 Å². The number of ether oxygens (including phenoxy) is 1. The van der Waals surface area contributed by atoms with Gasteiger partial charge in [0.25, 0.3) is 0 Å². The zero-order chi connectivity index (χ0) is 20.0. The van der Waals surface area contributed by atoms with Gasteiger partial charge in [0.05, 0.1) is 5.92 Å². The van der Waals surface area contributed by atoms with Crippen LogP contribution in [0.3, 0.4) is 0 Å². The number of carbonyl (C=O) groups excluding carboxylic acids is 1. The number of benzene rings is 2. The van der Waals surface area contributed by atoms with Crippen molar-refractivity contribution in [2.75, 3.05) is 13.1 Å². The van der Waals surface area contributed by atoms with E-state index in [4.69, 9.17) is 4.74 Å². The highest BCUT2D eigenvalue weighted by atomic mass is 32.2. The molecule has 0 bridgehead atoms. The van der Waals surface area contributed by atoms with Gasteiger partial charge in [0.1, 0.15) is 5.75 Å². The topological polar surface area (TPSA) is 63.7 Å². The van der Waals surface area contributed by atoms with Crippen molar-refractivity contribution in [3.63, 3.8) is 0 Å². The molecule has 0 amide bonds. The van der Waals surface area contributed by atoms with Crippen LogP contribution >= 0.6 is 0 Å². The Labute approximate surface area is 166 Å². The van der Waals surface area contributed by atoms with Crippen LogP contribution in [0.15, 0.2) is 60.0 Å². The maximum Gasteiger partial charge on any atom is 0.314 e. The molecule has 1 aliphatic heterocycles. The summed E-state index contributed by atoms with van der Waals surface area (Å²) in [6.07, 6.45) is 3.45. The van der Waals surface area contributed by atoms with Gasteiger partial charge in [0.15, 0.2) is 0 Å². The minimum Gasteiger partial charge on any atom is -0.426 e. The van der Waals surface area contributed by atoms with Gasteiger partial charge in [-0.15, -0.1) is 0 Å². The Morgan fingerprint density at radius 1 is 1.07 bits per heavy atom. The number of carbonyl (C=O) groups is 1. The van der Waals surface area contributed by atoms with Crippen LogP contribution in [0, 0.1) is 5.92 Å². The van der Waals surface area contributed by atoms with Crippen molar-refractivity contribution in [2.24, 2.45) is 5.92 Å². The SMILES string of the molecule is CCc1ccc(OC(=O)C2CCN(S(=O)(=O)/C=C/c3ccccc3)CC2)cc1. The monoisotopic (exact) mass is 399 g/mol. The van der Waals surface area contributed by atoms with E-state index in [2.05, 4.69) is 6.92 Å². The van der Waals surface area contributed by atoms with Gasteiger partial charge in [-0.2, -0.15) is 4.31 Å². The second-order valence-corrected chi connectivity index (χ2v) is 8.67. The summed E-state index contributed by atoms with van der Waals surface area (Å²) in [7, 11) is -3.50. The lowest BCUT2D eigenvalue weighted by atomic mass is 9.98. The molecule has 0 unspecified atom stereocenters. The van der Waals surface area contributed by atoms with E-state index in [9.17, 15) is 13.2 Å². The molecule has 148 valence electrons. The largest absolute Gasteiger partial charge is 0.426 e. The van der Waals surface area contributed by atoms with Crippen LogP contribution in [-0.2, 0) is 21.2 Å². The molecule has 2 aromatic rings. The van der Waals surface area contributed by atoms with E-state index >= 15 is 0 Å². The van der Waals surface area contributed by atoms with Crippen molar-refractivity contribution in [2.45, 2.75) is 26.2 Å². The van der Waals surface area contributed by atoms with Crippen LogP contribution in [0.5, 0.6) is 5.75 Å². The highest BCUT2D eigenvalue weighted by Crippen LogP contribution is 2.23. The van der Waals surface area contributed by atoms with E-state index in [1.54, 1.807) is 18.2 Å². The number of rotatable bonds is 6. The summed E-state index contributed by atoms with van der Waals surface area (Å²) in [5, 5.41) is 1.23. The van der Waals surface area contributed by atoms with E-state index in [0.29, 0.717) is 31.7 Å². The molecule has 0 N–H and O–H groups in total. The van der Waals surface area contributed by atoms with Crippen LogP contribution in [0.2, 0.25) is 0 Å². The van der Waals surface area contributed by atoms with Crippen LogP contribution in [0.4, 0.5) is 0 Å².